The number of carboxylic acids is 2. The van der Waals surface area contributed by atoms with Crippen molar-refractivity contribution in [2.75, 3.05) is 6.54 Å². The molecular weight excluding hydrogens is 514 g/mol. The number of rotatable bonds is 18. The standard InChI is InChI=1S/C23H39N9O7/c1-3-12(2)18(21(37)31-16(22(38)39)9-13-10-27-11-29-13)32-20(36)15(6-7-17(33)34)30-19(35)14(24)5-4-8-28-23(25)26/h10-12,14-16,18H,3-9,24H2,1-2H3,(H,27,29)(H,30,35)(H,31,37)(H,32,36)(H,33,34)(H,38,39)(H4,25,26,28). The number of amides is 3. The number of nitrogens with zero attached hydrogens (tertiary/aromatic N) is 2. The third-order valence-electron chi connectivity index (χ3n) is 5.97. The van der Waals surface area contributed by atoms with Crippen LogP contribution < -0.4 is 33.2 Å². The zero-order valence-corrected chi connectivity index (χ0v) is 22.1. The molecule has 0 aromatic carbocycles. The summed E-state index contributed by atoms with van der Waals surface area (Å²) in [5.41, 5.74) is 16.9. The number of H-pyrrole nitrogens is 1. The first-order chi connectivity index (χ1) is 18.3. The van der Waals surface area contributed by atoms with E-state index in [9.17, 15) is 29.1 Å². The highest BCUT2D eigenvalue weighted by molar-refractivity contribution is 5.94. The van der Waals surface area contributed by atoms with Crippen molar-refractivity contribution in [3.8, 4) is 0 Å². The van der Waals surface area contributed by atoms with Crippen LogP contribution in [0, 0.1) is 5.92 Å². The fourth-order valence-corrected chi connectivity index (χ4v) is 3.50. The number of imidazole rings is 1. The number of aliphatic imine (C=N–C) groups is 1. The first-order valence-electron chi connectivity index (χ1n) is 12.5. The Morgan fingerprint density at radius 2 is 1.69 bits per heavy atom. The van der Waals surface area contributed by atoms with Crippen LogP contribution >= 0.6 is 0 Å². The van der Waals surface area contributed by atoms with Gasteiger partial charge in [0.1, 0.15) is 18.1 Å². The summed E-state index contributed by atoms with van der Waals surface area (Å²) < 4.78 is 0. The largest absolute Gasteiger partial charge is 0.481 e. The molecule has 0 saturated heterocycles. The van der Waals surface area contributed by atoms with E-state index in [1.54, 1.807) is 13.8 Å². The molecule has 39 heavy (non-hydrogen) atoms. The number of nitrogens with one attached hydrogen (secondary N) is 4. The van der Waals surface area contributed by atoms with Crippen LogP contribution in [0.5, 0.6) is 0 Å². The van der Waals surface area contributed by atoms with E-state index in [0.717, 1.165) is 0 Å². The number of guanidine groups is 1. The predicted molar refractivity (Wildman–Crippen MR) is 140 cm³/mol. The van der Waals surface area contributed by atoms with Gasteiger partial charge < -0.3 is 48.3 Å². The molecule has 1 heterocycles. The molecule has 1 rings (SSSR count). The first kappa shape index (κ1) is 32.8. The van der Waals surface area contributed by atoms with E-state index in [1.807, 2.05) is 0 Å². The molecule has 0 aliphatic heterocycles. The lowest BCUT2D eigenvalue weighted by Gasteiger charge is -2.28. The highest BCUT2D eigenvalue weighted by Crippen LogP contribution is 2.11. The minimum atomic E-state index is -1.31. The minimum Gasteiger partial charge on any atom is -0.481 e. The Labute approximate surface area is 225 Å². The van der Waals surface area contributed by atoms with Crippen molar-refractivity contribution >= 4 is 35.6 Å². The molecule has 1 aromatic heterocycles. The summed E-state index contributed by atoms with van der Waals surface area (Å²) >= 11 is 0. The summed E-state index contributed by atoms with van der Waals surface area (Å²) in [7, 11) is 0. The highest BCUT2D eigenvalue weighted by Gasteiger charge is 2.33. The second kappa shape index (κ2) is 16.6. The number of aliphatic carboxylic acids is 2. The molecule has 218 valence electrons. The number of aromatic amines is 1. The van der Waals surface area contributed by atoms with Gasteiger partial charge >= 0.3 is 11.9 Å². The molecule has 0 radical (unpaired) electrons. The molecule has 16 heteroatoms. The lowest BCUT2D eigenvalue weighted by atomic mass is 9.96. The summed E-state index contributed by atoms with van der Waals surface area (Å²) in [5, 5.41) is 26.1. The molecule has 0 saturated carbocycles. The Kier molecular flexibility index (Phi) is 14.0. The molecule has 1 aromatic rings. The molecule has 0 aliphatic carbocycles. The Balaban J connectivity index is 2.97. The van der Waals surface area contributed by atoms with Crippen molar-refractivity contribution < 1.29 is 34.2 Å². The van der Waals surface area contributed by atoms with Gasteiger partial charge in [0.05, 0.1) is 12.4 Å². The zero-order valence-electron chi connectivity index (χ0n) is 22.1. The molecule has 0 spiro atoms. The van der Waals surface area contributed by atoms with E-state index in [4.69, 9.17) is 22.3 Å². The first-order valence-corrected chi connectivity index (χ1v) is 12.5. The molecule has 12 N–H and O–H groups in total. The molecule has 0 fully saturated rings. The number of carboxylic acid groups (broad SMARTS) is 2. The second-order valence-electron chi connectivity index (χ2n) is 9.10. The van der Waals surface area contributed by atoms with Gasteiger partial charge in [-0.15, -0.1) is 0 Å². The van der Waals surface area contributed by atoms with E-state index < -0.39 is 66.2 Å². The fraction of sp³-hybridized carbons (Fsp3) is 0.609. The highest BCUT2D eigenvalue weighted by atomic mass is 16.4. The smallest absolute Gasteiger partial charge is 0.326 e. The Morgan fingerprint density at radius 1 is 1.03 bits per heavy atom. The van der Waals surface area contributed by atoms with Crippen molar-refractivity contribution in [3.05, 3.63) is 18.2 Å². The average molecular weight is 554 g/mol. The van der Waals surface area contributed by atoms with Gasteiger partial charge in [0, 0.05) is 31.3 Å². The van der Waals surface area contributed by atoms with Crippen LogP contribution in [-0.4, -0.2) is 86.5 Å². The van der Waals surface area contributed by atoms with E-state index in [-0.39, 0.29) is 31.8 Å². The number of aromatic nitrogens is 2. The maximum atomic E-state index is 13.1. The van der Waals surface area contributed by atoms with Gasteiger partial charge in [0.25, 0.3) is 0 Å². The summed E-state index contributed by atoms with van der Waals surface area (Å²) in [6.07, 6.45) is 3.06. The molecule has 16 nitrogen and oxygen atoms in total. The predicted octanol–water partition coefficient (Wildman–Crippen LogP) is -2.22. The van der Waals surface area contributed by atoms with Gasteiger partial charge in [-0.05, 0) is 25.2 Å². The quantitative estimate of drug-likeness (QED) is 0.0533. The molecule has 5 unspecified atom stereocenters. The van der Waals surface area contributed by atoms with Gasteiger partial charge in [-0.3, -0.25) is 24.2 Å². The monoisotopic (exact) mass is 553 g/mol. The maximum Gasteiger partial charge on any atom is 0.326 e. The lowest BCUT2D eigenvalue weighted by Crippen LogP contribution is -2.59. The molecule has 3 amide bonds. The van der Waals surface area contributed by atoms with Crippen molar-refractivity contribution in [2.45, 2.75) is 76.5 Å². The van der Waals surface area contributed by atoms with Gasteiger partial charge in [-0.25, -0.2) is 9.78 Å². The van der Waals surface area contributed by atoms with Crippen molar-refractivity contribution in [1.29, 1.82) is 0 Å². The number of nitrogens with two attached hydrogens (primary N) is 3. The Morgan fingerprint density at radius 3 is 2.23 bits per heavy atom. The maximum absolute atomic E-state index is 13.1. The second-order valence-corrected chi connectivity index (χ2v) is 9.10. The van der Waals surface area contributed by atoms with Crippen LogP contribution in [0.2, 0.25) is 0 Å². The SMILES string of the molecule is CCC(C)C(NC(=O)C(CCC(=O)O)NC(=O)C(N)CCCN=C(N)N)C(=O)NC(Cc1cnc[nH]1)C(=O)O. The normalized spacial score (nSPS) is 14.6. The van der Waals surface area contributed by atoms with Crippen molar-refractivity contribution in [1.82, 2.24) is 25.9 Å². The van der Waals surface area contributed by atoms with Crippen molar-refractivity contribution in [2.24, 2.45) is 28.1 Å². The van der Waals surface area contributed by atoms with Gasteiger partial charge in [0.2, 0.25) is 17.7 Å². The van der Waals surface area contributed by atoms with Crippen LogP contribution in [-0.2, 0) is 30.4 Å². The molecular formula is C23H39N9O7. The third kappa shape index (κ3) is 12.3. The summed E-state index contributed by atoms with van der Waals surface area (Å²) in [4.78, 5) is 72.1. The van der Waals surface area contributed by atoms with Crippen LogP contribution in [0.15, 0.2) is 17.5 Å². The van der Waals surface area contributed by atoms with Crippen LogP contribution in [0.4, 0.5) is 0 Å². The number of carbonyl (C=O) groups excluding carboxylic acids is 3. The lowest BCUT2D eigenvalue weighted by molar-refractivity contribution is -0.142. The topological polar surface area (TPSA) is 281 Å². The van der Waals surface area contributed by atoms with E-state index >= 15 is 0 Å². The summed E-state index contributed by atoms with van der Waals surface area (Å²) in [5.74, 6) is -5.25. The van der Waals surface area contributed by atoms with E-state index in [1.165, 1.54) is 12.5 Å². The van der Waals surface area contributed by atoms with Gasteiger partial charge in [0.15, 0.2) is 5.96 Å². The number of hydrogen-bond donors (Lipinski definition) is 9. The van der Waals surface area contributed by atoms with Gasteiger partial charge in [-0.2, -0.15) is 0 Å². The van der Waals surface area contributed by atoms with Gasteiger partial charge in [-0.1, -0.05) is 20.3 Å². The zero-order chi connectivity index (χ0) is 29.5. The average Bonchev–Trinajstić information content (AvgIpc) is 3.39. The fourth-order valence-electron chi connectivity index (χ4n) is 3.50. The van der Waals surface area contributed by atoms with Crippen LogP contribution in [0.3, 0.4) is 0 Å². The van der Waals surface area contributed by atoms with Crippen LogP contribution in [0.25, 0.3) is 0 Å². The number of carbonyl (C=O) groups is 5. The van der Waals surface area contributed by atoms with E-state index in [2.05, 4.69) is 30.9 Å². The summed E-state index contributed by atoms with van der Waals surface area (Å²) in [6, 6.07) is -4.80. The molecule has 5 atom stereocenters. The van der Waals surface area contributed by atoms with E-state index in [0.29, 0.717) is 18.5 Å². The van der Waals surface area contributed by atoms with Crippen LogP contribution in [0.1, 0.15) is 51.6 Å². The third-order valence-corrected chi connectivity index (χ3v) is 5.97. The molecule has 0 bridgehead atoms. The molecule has 0 aliphatic rings. The number of hydrogen-bond acceptors (Lipinski definition) is 8. The Hall–Kier alpha value is -4.21. The Bertz CT molecular complexity index is 996. The van der Waals surface area contributed by atoms with Crippen molar-refractivity contribution in [3.63, 3.8) is 0 Å². The minimum absolute atomic E-state index is 0.0688. The summed E-state index contributed by atoms with van der Waals surface area (Å²) in [6.45, 7) is 3.71.